The van der Waals surface area contributed by atoms with E-state index in [1.54, 1.807) is 0 Å². The van der Waals surface area contributed by atoms with E-state index in [1.807, 2.05) is 5.06 Å². The fourth-order valence-corrected chi connectivity index (χ4v) is 4.53. The van der Waals surface area contributed by atoms with E-state index in [-0.39, 0.29) is 23.0 Å². The van der Waals surface area contributed by atoms with Crippen molar-refractivity contribution in [1.82, 2.24) is 5.06 Å². The highest BCUT2D eigenvalue weighted by molar-refractivity contribution is 5.73. The maximum Gasteiger partial charge on any atom is 0.328 e. The minimum atomic E-state index is -0.0638. The van der Waals surface area contributed by atoms with E-state index in [9.17, 15) is 4.79 Å². The number of hydroxylamine groups is 2. The molecule has 0 spiro atoms. The minimum absolute atomic E-state index is 0.0162. The Hall–Kier alpha value is -0.570. The summed E-state index contributed by atoms with van der Waals surface area (Å²) >= 11 is 0. The molecule has 1 radical (unpaired) electrons. The molecule has 22 heavy (non-hydrogen) atoms. The summed E-state index contributed by atoms with van der Waals surface area (Å²) < 4.78 is 0. The zero-order valence-corrected chi connectivity index (χ0v) is 14.7. The van der Waals surface area contributed by atoms with Crippen molar-refractivity contribution in [3.05, 3.63) is 6.42 Å². The summed E-state index contributed by atoms with van der Waals surface area (Å²) in [6.45, 7) is 8.79. The maximum atomic E-state index is 12.8. The number of carbonyl (C=O) groups excluding carboxylic acids is 1. The summed E-state index contributed by atoms with van der Waals surface area (Å²) in [5.41, 5.74) is -0.128. The van der Waals surface area contributed by atoms with Gasteiger partial charge in [0.25, 0.3) is 0 Å². The Labute approximate surface area is 135 Å². The van der Waals surface area contributed by atoms with Gasteiger partial charge in [-0.2, -0.15) is 0 Å². The van der Waals surface area contributed by atoms with Gasteiger partial charge in [-0.05, 0) is 90.9 Å². The average molecular weight is 306 g/mol. The minimum Gasteiger partial charge on any atom is -0.367 e. The predicted molar refractivity (Wildman–Crippen MR) is 87.8 cm³/mol. The van der Waals surface area contributed by atoms with Crippen LogP contribution in [0, 0.1) is 24.2 Å². The fourth-order valence-electron chi connectivity index (χ4n) is 4.53. The van der Waals surface area contributed by atoms with Crippen LogP contribution in [-0.2, 0) is 9.63 Å². The third-order valence-corrected chi connectivity index (χ3v) is 5.87. The smallest absolute Gasteiger partial charge is 0.328 e. The lowest BCUT2D eigenvalue weighted by Gasteiger charge is -2.50. The summed E-state index contributed by atoms with van der Waals surface area (Å²) in [6, 6.07) is 0. The van der Waals surface area contributed by atoms with Crippen LogP contribution in [0.2, 0.25) is 0 Å². The second-order valence-electron chi connectivity index (χ2n) is 8.91. The normalized spacial score (nSPS) is 34.5. The van der Waals surface area contributed by atoms with Crippen molar-refractivity contribution in [2.75, 3.05) is 0 Å². The summed E-state index contributed by atoms with van der Waals surface area (Å²) in [5.74, 6) is 1.34. The molecule has 1 saturated heterocycles. The van der Waals surface area contributed by atoms with Gasteiger partial charge in [0.15, 0.2) is 0 Å². The number of hydrogen-bond acceptors (Lipinski definition) is 3. The molecule has 125 valence electrons. The van der Waals surface area contributed by atoms with Crippen molar-refractivity contribution >= 4 is 5.97 Å². The Morgan fingerprint density at radius 2 is 1.64 bits per heavy atom. The van der Waals surface area contributed by atoms with Gasteiger partial charge in [-0.25, -0.2) is 0 Å². The molecule has 3 rings (SSSR count). The van der Waals surface area contributed by atoms with Crippen LogP contribution in [-0.4, -0.2) is 22.1 Å². The average Bonchev–Trinajstić information content (AvgIpc) is 3.09. The van der Waals surface area contributed by atoms with Crippen molar-refractivity contribution in [2.45, 2.75) is 90.1 Å². The first-order chi connectivity index (χ1) is 10.3. The van der Waals surface area contributed by atoms with Gasteiger partial charge in [0.05, 0.1) is 17.0 Å². The molecule has 0 bridgehead atoms. The van der Waals surface area contributed by atoms with Crippen LogP contribution in [0.1, 0.15) is 79.1 Å². The molecule has 2 atom stereocenters. The second-order valence-corrected chi connectivity index (χ2v) is 8.91. The molecule has 3 nitrogen and oxygen atoms in total. The van der Waals surface area contributed by atoms with Crippen LogP contribution in [0.15, 0.2) is 0 Å². The molecule has 0 N–H and O–H groups in total. The van der Waals surface area contributed by atoms with Gasteiger partial charge in [-0.1, -0.05) is 6.42 Å². The molecule has 0 aromatic heterocycles. The van der Waals surface area contributed by atoms with Gasteiger partial charge in [-0.15, -0.1) is 5.06 Å². The van der Waals surface area contributed by atoms with Crippen LogP contribution in [0.25, 0.3) is 0 Å². The Morgan fingerprint density at radius 3 is 2.23 bits per heavy atom. The van der Waals surface area contributed by atoms with E-state index in [1.165, 1.54) is 32.1 Å². The van der Waals surface area contributed by atoms with Crippen LogP contribution >= 0.6 is 0 Å². The van der Waals surface area contributed by atoms with Gasteiger partial charge in [0, 0.05) is 0 Å². The number of nitrogens with zero attached hydrogens (tertiary/aromatic N) is 1. The lowest BCUT2D eigenvalue weighted by molar-refractivity contribution is -0.269. The van der Waals surface area contributed by atoms with E-state index in [0.717, 1.165) is 25.2 Å². The van der Waals surface area contributed by atoms with Crippen molar-refractivity contribution in [3.8, 4) is 0 Å². The topological polar surface area (TPSA) is 29.5 Å². The van der Waals surface area contributed by atoms with E-state index in [0.29, 0.717) is 5.92 Å². The van der Waals surface area contributed by atoms with Gasteiger partial charge in [0.1, 0.15) is 0 Å². The standard InChI is InChI=1S/C19H32NO2/c1-18(2)11-6-12-19(3,4)20(18)22-17(21)16-8-5-7-15(16)13-14-9-10-14/h13-16H,5-12H2,1-4H3. The Kier molecular flexibility index (Phi) is 4.30. The van der Waals surface area contributed by atoms with Crippen LogP contribution in [0.3, 0.4) is 0 Å². The molecule has 2 unspecified atom stereocenters. The second kappa shape index (κ2) is 5.81. The highest BCUT2D eigenvalue weighted by Gasteiger charge is 2.46. The third-order valence-electron chi connectivity index (χ3n) is 5.87. The molecule has 2 saturated carbocycles. The molecule has 0 aromatic carbocycles. The quantitative estimate of drug-likeness (QED) is 0.765. The molecule has 3 heteroatoms. The lowest BCUT2D eigenvalue weighted by atomic mass is 9.82. The summed E-state index contributed by atoms with van der Waals surface area (Å²) in [6.07, 6.45) is 11.8. The molecule has 1 aliphatic heterocycles. The van der Waals surface area contributed by atoms with Gasteiger partial charge >= 0.3 is 5.97 Å². The fraction of sp³-hybridized carbons (Fsp3) is 0.895. The number of piperidine rings is 1. The predicted octanol–water partition coefficient (Wildman–Crippen LogP) is 4.52. The van der Waals surface area contributed by atoms with Crippen molar-refractivity contribution in [2.24, 2.45) is 17.8 Å². The summed E-state index contributed by atoms with van der Waals surface area (Å²) in [7, 11) is 0. The summed E-state index contributed by atoms with van der Waals surface area (Å²) in [5, 5.41) is 2.01. The first-order valence-electron chi connectivity index (χ1n) is 9.17. The number of hydrogen-bond donors (Lipinski definition) is 0. The molecule has 0 amide bonds. The molecular formula is C19H32NO2. The first-order valence-corrected chi connectivity index (χ1v) is 9.17. The first kappa shape index (κ1) is 16.3. The zero-order valence-electron chi connectivity index (χ0n) is 14.7. The molecular weight excluding hydrogens is 274 g/mol. The molecule has 3 fully saturated rings. The monoisotopic (exact) mass is 306 g/mol. The van der Waals surface area contributed by atoms with E-state index >= 15 is 0 Å². The highest BCUT2D eigenvalue weighted by atomic mass is 16.7. The van der Waals surface area contributed by atoms with Crippen LogP contribution in [0.5, 0.6) is 0 Å². The maximum absolute atomic E-state index is 12.8. The van der Waals surface area contributed by atoms with Crippen molar-refractivity contribution in [3.63, 3.8) is 0 Å². The van der Waals surface area contributed by atoms with Crippen LogP contribution < -0.4 is 0 Å². The van der Waals surface area contributed by atoms with E-state index < -0.39 is 0 Å². The van der Waals surface area contributed by atoms with Gasteiger partial charge in [0.2, 0.25) is 0 Å². The molecule has 3 aliphatic rings. The van der Waals surface area contributed by atoms with E-state index in [2.05, 4.69) is 34.1 Å². The Morgan fingerprint density at radius 1 is 1.00 bits per heavy atom. The van der Waals surface area contributed by atoms with Crippen LogP contribution in [0.4, 0.5) is 0 Å². The zero-order chi connectivity index (χ0) is 16.0. The third kappa shape index (κ3) is 3.34. The van der Waals surface area contributed by atoms with E-state index in [4.69, 9.17) is 4.84 Å². The molecule has 0 aromatic rings. The Balaban J connectivity index is 1.66. The highest BCUT2D eigenvalue weighted by Crippen LogP contribution is 2.44. The van der Waals surface area contributed by atoms with Gasteiger partial charge < -0.3 is 4.84 Å². The molecule has 1 heterocycles. The Bertz CT molecular complexity index is 409. The van der Waals surface area contributed by atoms with Gasteiger partial charge in [-0.3, -0.25) is 4.79 Å². The lowest BCUT2D eigenvalue weighted by Crippen LogP contribution is -2.59. The molecule has 2 aliphatic carbocycles. The number of carbonyl (C=O) groups is 1. The van der Waals surface area contributed by atoms with Crippen molar-refractivity contribution in [1.29, 1.82) is 0 Å². The largest absolute Gasteiger partial charge is 0.367 e. The van der Waals surface area contributed by atoms with Crippen molar-refractivity contribution < 1.29 is 9.63 Å². The number of rotatable bonds is 4. The summed E-state index contributed by atoms with van der Waals surface area (Å²) in [4.78, 5) is 18.8. The SMILES string of the molecule is CC1(C)CCCC(C)(C)N1OC(=O)C1CCCC1[CH]C1CC1.